The molecule has 1 aromatic carbocycles. The first kappa shape index (κ1) is 16.4. The Morgan fingerprint density at radius 3 is 1.71 bits per heavy atom. The Morgan fingerprint density at radius 1 is 1.00 bits per heavy atom. The molecule has 0 aromatic heterocycles. The van der Waals surface area contributed by atoms with Gasteiger partial charge in [0.1, 0.15) is 0 Å². The summed E-state index contributed by atoms with van der Waals surface area (Å²) in [4.78, 5) is 18.2. The fourth-order valence-electron chi connectivity index (χ4n) is 0.681. The molecule has 6 nitrogen and oxygen atoms in total. The zero-order valence-corrected chi connectivity index (χ0v) is 12.8. The van der Waals surface area contributed by atoms with Crippen molar-refractivity contribution < 1.29 is 19.8 Å². The molecule has 1 aromatic rings. The van der Waals surface area contributed by atoms with E-state index < -0.39 is 11.9 Å². The number of carbonyl (C=O) groups is 2. The number of benzene rings is 1. The highest BCUT2D eigenvalue weighted by Gasteiger charge is 2.04. The van der Waals surface area contributed by atoms with Crippen LogP contribution in [0.2, 0.25) is 0 Å². The molecule has 0 heterocycles. The molecule has 1 rings (SSSR count). The quantitative estimate of drug-likeness (QED) is 0.324. The zero-order valence-electron chi connectivity index (χ0n) is 8.08. The maximum atomic E-state index is 9.10. The fourth-order valence-corrected chi connectivity index (χ4v) is 2.20. The van der Waals surface area contributed by atoms with Crippen LogP contribution in [0.4, 0.5) is 5.69 Å². The Balaban J connectivity index is 0.000000366. The molecule has 0 bridgehead atoms. The number of anilines is 1. The summed E-state index contributed by atoms with van der Waals surface area (Å²) in [5.74, 6) is -3.65. The molecule has 0 spiro atoms. The molecular weight excluding hydrogens is 428 g/mol. The smallest absolute Gasteiger partial charge is 0.414 e. The van der Waals surface area contributed by atoms with Gasteiger partial charge < -0.3 is 15.6 Å². The van der Waals surface area contributed by atoms with Crippen LogP contribution in [-0.4, -0.2) is 22.2 Å². The van der Waals surface area contributed by atoms with Crippen LogP contribution in [0.5, 0.6) is 0 Å². The lowest BCUT2D eigenvalue weighted by molar-refractivity contribution is -0.159. The summed E-state index contributed by atoms with van der Waals surface area (Å²) in [5, 5.41) is 14.8. The second-order valence-electron chi connectivity index (χ2n) is 2.49. The third-order valence-corrected chi connectivity index (χ3v) is 2.35. The molecule has 0 aliphatic carbocycles. The van der Waals surface area contributed by atoms with Crippen LogP contribution in [0.15, 0.2) is 27.1 Å². The summed E-state index contributed by atoms with van der Waals surface area (Å²) in [6.45, 7) is 0. The van der Waals surface area contributed by atoms with Gasteiger partial charge in [0.2, 0.25) is 0 Å². The van der Waals surface area contributed by atoms with Gasteiger partial charge >= 0.3 is 11.9 Å². The minimum atomic E-state index is -1.82. The van der Waals surface area contributed by atoms with E-state index in [4.69, 9.17) is 19.8 Å². The number of nitrogens with one attached hydrogen (secondary N) is 2. The minimum Gasteiger partial charge on any atom is -0.473 e. The topological polar surface area (TPSA) is 98.7 Å². The number of rotatable bonds is 2. The molecule has 0 fully saturated rings. The van der Waals surface area contributed by atoms with E-state index in [2.05, 4.69) is 57.9 Å². The highest BCUT2D eigenvalue weighted by atomic mass is 79.9. The van der Waals surface area contributed by atoms with Crippen molar-refractivity contribution in [2.24, 2.45) is 0 Å². The van der Waals surface area contributed by atoms with E-state index in [1.807, 2.05) is 18.2 Å². The van der Waals surface area contributed by atoms with Gasteiger partial charge in [-0.05, 0) is 18.2 Å². The molecule has 0 radical (unpaired) electrons. The van der Waals surface area contributed by atoms with Crippen molar-refractivity contribution in [3.05, 3.63) is 27.1 Å². The Bertz CT molecular complexity index is 382. The van der Waals surface area contributed by atoms with Gasteiger partial charge in [-0.15, -0.1) is 0 Å². The molecule has 0 aliphatic heterocycles. The Kier molecular flexibility index (Phi) is 8.13. The monoisotopic (exact) mass is 432 g/mol. The number of carboxylic acids is 2. The number of hydrogen-bond donors (Lipinski definition) is 4. The maximum Gasteiger partial charge on any atom is 0.414 e. The SMILES string of the molecule is BrNNc1cc(Br)cc(Br)c1.O=C(O)C(=O)O. The Labute approximate surface area is 122 Å². The van der Waals surface area contributed by atoms with Crippen molar-refractivity contribution in [2.45, 2.75) is 0 Å². The van der Waals surface area contributed by atoms with Crippen LogP contribution in [0.3, 0.4) is 0 Å². The van der Waals surface area contributed by atoms with Crippen molar-refractivity contribution in [1.82, 2.24) is 4.45 Å². The number of carboxylic acid groups (broad SMARTS) is 2. The first-order chi connectivity index (χ1) is 7.86. The summed E-state index contributed by atoms with van der Waals surface area (Å²) >= 11 is 9.78. The van der Waals surface area contributed by atoms with E-state index in [0.717, 1.165) is 14.6 Å². The number of hydrazine groups is 1. The fraction of sp³-hybridized carbons (Fsp3) is 0. The normalized spacial score (nSPS) is 8.88. The Hall–Kier alpha value is -0.640. The van der Waals surface area contributed by atoms with Crippen LogP contribution < -0.4 is 9.88 Å². The molecule has 4 N–H and O–H groups in total. The first-order valence-electron chi connectivity index (χ1n) is 3.90. The molecule has 17 heavy (non-hydrogen) atoms. The Morgan fingerprint density at radius 2 is 1.41 bits per heavy atom. The molecule has 0 aliphatic rings. The molecule has 0 saturated carbocycles. The molecule has 0 unspecified atom stereocenters. The van der Waals surface area contributed by atoms with Gasteiger partial charge in [-0.1, -0.05) is 31.9 Å². The van der Waals surface area contributed by atoms with Crippen LogP contribution in [0.25, 0.3) is 0 Å². The first-order valence-corrected chi connectivity index (χ1v) is 6.28. The molecule has 0 atom stereocenters. The number of aliphatic carboxylic acids is 2. The largest absolute Gasteiger partial charge is 0.473 e. The van der Waals surface area contributed by atoms with E-state index in [1.54, 1.807) is 0 Å². The molecular formula is C8H7Br3N2O4. The highest BCUT2D eigenvalue weighted by Crippen LogP contribution is 2.22. The van der Waals surface area contributed by atoms with Gasteiger partial charge in [0.25, 0.3) is 0 Å². The van der Waals surface area contributed by atoms with Gasteiger partial charge in [-0.3, -0.25) is 0 Å². The van der Waals surface area contributed by atoms with Gasteiger partial charge in [0.15, 0.2) is 0 Å². The minimum absolute atomic E-state index is 0.975. The summed E-state index contributed by atoms with van der Waals surface area (Å²) in [5.41, 5.74) is 3.87. The zero-order chi connectivity index (χ0) is 13.4. The van der Waals surface area contributed by atoms with Gasteiger partial charge in [0, 0.05) is 25.1 Å². The van der Waals surface area contributed by atoms with Crippen molar-refractivity contribution in [2.75, 3.05) is 5.43 Å². The third kappa shape index (κ3) is 8.13. The van der Waals surface area contributed by atoms with E-state index in [-0.39, 0.29) is 0 Å². The van der Waals surface area contributed by atoms with E-state index in [1.165, 1.54) is 0 Å². The summed E-state index contributed by atoms with van der Waals surface area (Å²) in [6, 6.07) is 5.89. The lowest BCUT2D eigenvalue weighted by Crippen LogP contribution is -2.09. The van der Waals surface area contributed by atoms with Crippen LogP contribution in [0, 0.1) is 0 Å². The van der Waals surface area contributed by atoms with Crippen LogP contribution in [-0.2, 0) is 9.59 Å². The maximum absolute atomic E-state index is 9.10. The van der Waals surface area contributed by atoms with Crippen molar-refractivity contribution in [3.63, 3.8) is 0 Å². The average molecular weight is 435 g/mol. The van der Waals surface area contributed by atoms with Gasteiger partial charge in [-0.25, -0.2) is 9.59 Å². The second-order valence-corrected chi connectivity index (χ2v) is 4.72. The highest BCUT2D eigenvalue weighted by molar-refractivity contribution is 9.11. The van der Waals surface area contributed by atoms with Crippen molar-refractivity contribution >= 4 is 65.6 Å². The average Bonchev–Trinajstić information content (AvgIpc) is 2.17. The van der Waals surface area contributed by atoms with Gasteiger partial charge in [-0.2, -0.15) is 4.45 Å². The van der Waals surface area contributed by atoms with Crippen LogP contribution in [0.1, 0.15) is 0 Å². The van der Waals surface area contributed by atoms with Crippen molar-refractivity contribution in [1.29, 1.82) is 0 Å². The molecule has 94 valence electrons. The summed E-state index contributed by atoms with van der Waals surface area (Å²) in [7, 11) is 0. The third-order valence-electron chi connectivity index (χ3n) is 1.24. The van der Waals surface area contributed by atoms with Gasteiger partial charge in [0.05, 0.1) is 5.69 Å². The molecule has 0 saturated heterocycles. The lowest BCUT2D eigenvalue weighted by atomic mass is 10.3. The second kappa shape index (κ2) is 8.45. The van der Waals surface area contributed by atoms with E-state index in [9.17, 15) is 0 Å². The lowest BCUT2D eigenvalue weighted by Gasteiger charge is -2.03. The summed E-state index contributed by atoms with van der Waals surface area (Å²) < 4.78 is 4.71. The standard InChI is InChI=1S/C6H5Br3N2.C2H2O4/c7-4-1-5(8)3-6(2-4)10-11-9;3-1(4)2(5)6/h1-3,10-11H;(H,3,4)(H,5,6). The molecule has 9 heteroatoms. The number of halogens is 3. The van der Waals surface area contributed by atoms with E-state index in [0.29, 0.717) is 0 Å². The van der Waals surface area contributed by atoms with E-state index >= 15 is 0 Å². The van der Waals surface area contributed by atoms with Crippen molar-refractivity contribution in [3.8, 4) is 0 Å². The predicted octanol–water partition coefficient (Wildman–Crippen LogP) is 2.59. The summed E-state index contributed by atoms with van der Waals surface area (Å²) in [6.07, 6.45) is 0. The van der Waals surface area contributed by atoms with Crippen LogP contribution >= 0.6 is 48.0 Å². The number of hydrogen-bond acceptors (Lipinski definition) is 4. The predicted molar refractivity (Wildman–Crippen MR) is 72.8 cm³/mol. The molecule has 0 amide bonds.